The van der Waals surface area contributed by atoms with Crippen LogP contribution in [0.25, 0.3) is 0 Å². The van der Waals surface area contributed by atoms with Gasteiger partial charge in [-0.3, -0.25) is 4.79 Å². The molecule has 1 heterocycles. The van der Waals surface area contributed by atoms with Crippen LogP contribution < -0.4 is 5.32 Å². The molecule has 7 heteroatoms. The van der Waals surface area contributed by atoms with Crippen LogP contribution in [-0.2, 0) is 14.3 Å². The molecule has 0 spiro atoms. The second-order valence-corrected chi connectivity index (χ2v) is 6.60. The smallest absolute Gasteiger partial charge is 0.327 e. The quantitative estimate of drug-likeness (QED) is 0.555. The van der Waals surface area contributed by atoms with Gasteiger partial charge >= 0.3 is 5.97 Å². The molecule has 1 amide bonds. The fraction of sp³-hybridized carbons (Fsp3) is 0.857. The van der Waals surface area contributed by atoms with E-state index in [1.54, 1.807) is 0 Å². The van der Waals surface area contributed by atoms with Crippen LogP contribution in [-0.4, -0.2) is 51.5 Å². The highest BCUT2D eigenvalue weighted by Gasteiger charge is 2.35. The summed E-state index contributed by atoms with van der Waals surface area (Å²) in [6.45, 7) is 3.43. The molecule has 0 saturated carbocycles. The van der Waals surface area contributed by atoms with Gasteiger partial charge in [0, 0.05) is 24.3 Å². The lowest BCUT2D eigenvalue weighted by molar-refractivity contribution is -0.140. The number of carboxylic acid groups (broad SMARTS) is 1. The first kappa shape index (κ1) is 18.3. The summed E-state index contributed by atoms with van der Waals surface area (Å²) >= 11 is 1.45. The number of nitrogens with one attached hydrogen (secondary N) is 1. The lowest BCUT2D eigenvalue weighted by Crippen LogP contribution is -2.42. The van der Waals surface area contributed by atoms with Crippen LogP contribution in [0, 0.1) is 0 Å². The average Bonchev–Trinajstić information content (AvgIpc) is 2.74. The van der Waals surface area contributed by atoms with Crippen molar-refractivity contribution in [2.45, 2.75) is 69.6 Å². The van der Waals surface area contributed by atoms with Crippen LogP contribution in [0.4, 0.5) is 0 Å². The van der Waals surface area contributed by atoms with Gasteiger partial charge in [0.1, 0.15) is 6.04 Å². The van der Waals surface area contributed by atoms with E-state index in [1.807, 2.05) is 0 Å². The predicted molar refractivity (Wildman–Crippen MR) is 81.1 cm³/mol. The first-order valence-corrected chi connectivity index (χ1v) is 8.44. The van der Waals surface area contributed by atoms with E-state index in [0.717, 1.165) is 25.7 Å². The number of thioether (sulfide) groups is 1. The number of ether oxygens (including phenoxy) is 1. The number of hydrogen-bond donors (Lipinski definition) is 3. The van der Waals surface area contributed by atoms with E-state index in [0.29, 0.717) is 6.42 Å². The molecule has 3 N–H and O–H groups in total. The minimum absolute atomic E-state index is 0.0386. The first-order chi connectivity index (χ1) is 9.93. The Kier molecular flexibility index (Phi) is 8.06. The third kappa shape index (κ3) is 6.67. The highest BCUT2D eigenvalue weighted by molar-refractivity contribution is 8.00. The van der Waals surface area contributed by atoms with Crippen molar-refractivity contribution in [1.82, 2.24) is 5.32 Å². The van der Waals surface area contributed by atoms with Gasteiger partial charge in [-0.05, 0) is 6.42 Å². The number of carbonyl (C=O) groups is 2. The van der Waals surface area contributed by atoms with Gasteiger partial charge in [0.2, 0.25) is 5.91 Å². The molecule has 1 rings (SSSR count). The topological polar surface area (TPSA) is 95.9 Å². The van der Waals surface area contributed by atoms with E-state index in [-0.39, 0.29) is 23.0 Å². The zero-order valence-corrected chi connectivity index (χ0v) is 13.4. The van der Waals surface area contributed by atoms with Crippen molar-refractivity contribution in [1.29, 1.82) is 0 Å². The highest BCUT2D eigenvalue weighted by Crippen LogP contribution is 2.33. The Balaban J connectivity index is 2.45. The maximum Gasteiger partial charge on any atom is 0.327 e. The molecule has 0 bridgehead atoms. The molecule has 1 aliphatic heterocycles. The van der Waals surface area contributed by atoms with E-state index in [1.165, 1.54) is 18.7 Å². The largest absolute Gasteiger partial charge is 0.480 e. The normalized spacial score (nSPS) is 26.5. The molecule has 21 heavy (non-hydrogen) atoms. The second-order valence-electron chi connectivity index (χ2n) is 5.32. The molecular formula is C14H25NO5S. The molecule has 0 aromatic heterocycles. The van der Waals surface area contributed by atoms with Gasteiger partial charge in [0.15, 0.2) is 6.29 Å². The third-order valence-electron chi connectivity index (χ3n) is 3.43. The summed E-state index contributed by atoms with van der Waals surface area (Å²) < 4.78 is 5.49. The summed E-state index contributed by atoms with van der Waals surface area (Å²) in [5, 5.41) is 21.2. The number of carbonyl (C=O) groups excluding carboxylic acids is 1. The number of amides is 1. The first-order valence-electron chi connectivity index (χ1n) is 7.39. The zero-order chi connectivity index (χ0) is 15.8. The molecule has 3 unspecified atom stereocenters. The molecule has 1 aliphatic rings. The van der Waals surface area contributed by atoms with Crippen LogP contribution in [0.2, 0.25) is 0 Å². The minimum Gasteiger partial charge on any atom is -0.480 e. The van der Waals surface area contributed by atoms with Gasteiger partial charge in [-0.2, -0.15) is 11.8 Å². The Hall–Kier alpha value is -0.790. The third-order valence-corrected chi connectivity index (χ3v) is 4.88. The molecular weight excluding hydrogens is 294 g/mol. The molecule has 0 aromatic rings. The van der Waals surface area contributed by atoms with E-state index >= 15 is 0 Å². The number of unbranched alkanes of at least 4 members (excludes halogenated alkanes) is 2. The van der Waals surface area contributed by atoms with Crippen molar-refractivity contribution in [2.75, 3.05) is 5.75 Å². The Morgan fingerprint density at radius 2 is 2.14 bits per heavy atom. The van der Waals surface area contributed by atoms with Gasteiger partial charge in [0.05, 0.1) is 6.10 Å². The van der Waals surface area contributed by atoms with Crippen molar-refractivity contribution in [3.8, 4) is 0 Å². The lowest BCUT2D eigenvalue weighted by Gasteiger charge is -2.20. The van der Waals surface area contributed by atoms with Crippen molar-refractivity contribution in [3.63, 3.8) is 0 Å². The SMILES string of the molecule is CCCCCC1OC(O)CC1SC[C@H](NC(C)=O)C(=O)O. The predicted octanol–water partition coefficient (Wildman–Crippen LogP) is 1.37. The van der Waals surface area contributed by atoms with Gasteiger partial charge in [-0.25, -0.2) is 4.79 Å². The lowest BCUT2D eigenvalue weighted by atomic mass is 10.1. The number of aliphatic hydroxyl groups is 1. The monoisotopic (exact) mass is 319 g/mol. The second kappa shape index (κ2) is 9.27. The highest BCUT2D eigenvalue weighted by atomic mass is 32.2. The maximum atomic E-state index is 11.1. The molecule has 4 atom stereocenters. The Morgan fingerprint density at radius 1 is 1.43 bits per heavy atom. The summed E-state index contributed by atoms with van der Waals surface area (Å²) in [6.07, 6.45) is 3.86. The Morgan fingerprint density at radius 3 is 2.71 bits per heavy atom. The van der Waals surface area contributed by atoms with E-state index in [2.05, 4.69) is 12.2 Å². The molecule has 1 fully saturated rings. The van der Waals surface area contributed by atoms with Gasteiger partial charge in [-0.15, -0.1) is 0 Å². The van der Waals surface area contributed by atoms with Crippen molar-refractivity contribution >= 4 is 23.6 Å². The van der Waals surface area contributed by atoms with E-state index in [9.17, 15) is 14.7 Å². The van der Waals surface area contributed by atoms with Crippen LogP contribution >= 0.6 is 11.8 Å². The van der Waals surface area contributed by atoms with Crippen molar-refractivity contribution < 1.29 is 24.5 Å². The van der Waals surface area contributed by atoms with Crippen LogP contribution in [0.15, 0.2) is 0 Å². The number of hydrogen-bond acceptors (Lipinski definition) is 5. The maximum absolute atomic E-state index is 11.1. The number of rotatable bonds is 9. The molecule has 122 valence electrons. The molecule has 0 aliphatic carbocycles. The van der Waals surface area contributed by atoms with E-state index < -0.39 is 18.3 Å². The molecule has 6 nitrogen and oxygen atoms in total. The zero-order valence-electron chi connectivity index (χ0n) is 12.6. The average molecular weight is 319 g/mol. The summed E-state index contributed by atoms with van der Waals surface area (Å²) in [5.74, 6) is -1.12. The standard InChI is InChI=1S/C14H25NO5S/c1-3-4-5-6-11-12(7-13(17)20-11)21-8-10(14(18)19)15-9(2)16/h10-13,17H,3-8H2,1-2H3,(H,15,16)(H,18,19)/t10-,11?,12?,13?/m0/s1. The van der Waals surface area contributed by atoms with E-state index in [4.69, 9.17) is 9.84 Å². The molecule has 0 radical (unpaired) electrons. The Labute approximate surface area is 129 Å². The Bertz CT molecular complexity index is 352. The minimum atomic E-state index is -1.04. The summed E-state index contributed by atoms with van der Waals surface area (Å²) in [7, 11) is 0. The number of aliphatic hydroxyl groups excluding tert-OH is 1. The summed E-state index contributed by atoms with van der Waals surface area (Å²) in [6, 6.07) is -0.901. The van der Waals surface area contributed by atoms with Gasteiger partial charge in [-0.1, -0.05) is 26.2 Å². The van der Waals surface area contributed by atoms with Crippen molar-refractivity contribution in [2.24, 2.45) is 0 Å². The summed E-state index contributed by atoms with van der Waals surface area (Å²) in [4.78, 5) is 22.1. The van der Waals surface area contributed by atoms with Crippen LogP contribution in [0.3, 0.4) is 0 Å². The fourth-order valence-electron chi connectivity index (χ4n) is 2.36. The van der Waals surface area contributed by atoms with Crippen LogP contribution in [0.1, 0.15) is 46.0 Å². The van der Waals surface area contributed by atoms with Gasteiger partial charge in [0.25, 0.3) is 0 Å². The summed E-state index contributed by atoms with van der Waals surface area (Å²) in [5.41, 5.74) is 0. The number of carboxylic acids is 1. The van der Waals surface area contributed by atoms with Crippen LogP contribution in [0.5, 0.6) is 0 Å². The van der Waals surface area contributed by atoms with Gasteiger partial charge < -0.3 is 20.3 Å². The fourth-order valence-corrected chi connectivity index (χ4v) is 3.74. The molecule has 1 saturated heterocycles. The number of aliphatic carboxylic acids is 1. The van der Waals surface area contributed by atoms with Crippen molar-refractivity contribution in [3.05, 3.63) is 0 Å². The molecule has 0 aromatic carbocycles.